The molecule has 1 unspecified atom stereocenters. The molecule has 0 aromatic carbocycles. The van der Waals surface area contributed by atoms with Gasteiger partial charge in [-0.3, -0.25) is 9.48 Å². The Labute approximate surface area is 148 Å². The summed E-state index contributed by atoms with van der Waals surface area (Å²) in [6.07, 6.45) is 1.46. The van der Waals surface area contributed by atoms with Gasteiger partial charge in [-0.15, -0.1) is 0 Å². The fourth-order valence-electron chi connectivity index (χ4n) is 3.14. The fraction of sp³-hybridized carbons (Fsp3) is 0.500. The molecular weight excluding hydrogens is 349 g/mol. The van der Waals surface area contributed by atoms with Gasteiger partial charge < -0.3 is 9.80 Å². The summed E-state index contributed by atoms with van der Waals surface area (Å²) in [5.74, 6) is -0.407. The van der Waals surface area contributed by atoms with Crippen LogP contribution in [0.15, 0.2) is 18.6 Å². The summed E-state index contributed by atoms with van der Waals surface area (Å²) in [6, 6.07) is 0. The monoisotopic (exact) mass is 368 g/mol. The third-order valence-corrected chi connectivity index (χ3v) is 4.35. The standard InChI is InChI=1S/C16H19F3N6O/c1-23(16-20-5-11(17)6-21-16)7-10-3-4-25(8-10)15(26)12-9-24(2)22-13(12)14(18)19/h5-6,9-10,14H,3-4,7-8H2,1-2H3. The number of hydrogen-bond donors (Lipinski definition) is 0. The average Bonchev–Trinajstić information content (AvgIpc) is 3.21. The summed E-state index contributed by atoms with van der Waals surface area (Å²) in [6.45, 7) is 1.51. The first-order valence-electron chi connectivity index (χ1n) is 8.14. The molecule has 0 N–H and O–H groups in total. The summed E-state index contributed by atoms with van der Waals surface area (Å²) in [5.41, 5.74) is -0.545. The van der Waals surface area contributed by atoms with E-state index < -0.39 is 23.8 Å². The molecule has 3 heterocycles. The van der Waals surface area contributed by atoms with Crippen molar-refractivity contribution in [3.8, 4) is 0 Å². The molecule has 2 aromatic rings. The summed E-state index contributed by atoms with van der Waals surface area (Å²) in [5, 5.41) is 3.68. The van der Waals surface area contributed by atoms with Gasteiger partial charge in [0.25, 0.3) is 12.3 Å². The first kappa shape index (κ1) is 18.2. The number of aromatic nitrogens is 4. The van der Waals surface area contributed by atoms with Gasteiger partial charge in [-0.1, -0.05) is 0 Å². The molecule has 1 amide bonds. The van der Waals surface area contributed by atoms with Crippen LogP contribution in [0.3, 0.4) is 0 Å². The SMILES string of the molecule is CN(CC1CCN(C(=O)c2cn(C)nc2C(F)F)C1)c1ncc(F)cn1. The highest BCUT2D eigenvalue weighted by Crippen LogP contribution is 2.25. The van der Waals surface area contributed by atoms with E-state index in [2.05, 4.69) is 15.1 Å². The van der Waals surface area contributed by atoms with Crippen LogP contribution in [0.25, 0.3) is 0 Å². The van der Waals surface area contributed by atoms with E-state index in [9.17, 15) is 18.0 Å². The molecule has 10 heteroatoms. The first-order valence-corrected chi connectivity index (χ1v) is 8.14. The van der Waals surface area contributed by atoms with Crippen LogP contribution >= 0.6 is 0 Å². The number of anilines is 1. The predicted molar refractivity (Wildman–Crippen MR) is 87.4 cm³/mol. The lowest BCUT2D eigenvalue weighted by Crippen LogP contribution is -2.32. The number of nitrogens with zero attached hydrogens (tertiary/aromatic N) is 6. The minimum Gasteiger partial charge on any atom is -0.344 e. The molecular formula is C16H19F3N6O. The number of alkyl halides is 2. The summed E-state index contributed by atoms with van der Waals surface area (Å²) in [7, 11) is 3.29. The molecule has 1 saturated heterocycles. The normalized spacial score (nSPS) is 17.2. The molecule has 0 spiro atoms. The molecule has 3 rings (SSSR count). The number of hydrogen-bond acceptors (Lipinski definition) is 5. The lowest BCUT2D eigenvalue weighted by atomic mass is 10.1. The Balaban J connectivity index is 1.63. The second kappa shape index (κ2) is 7.30. The number of amides is 1. The van der Waals surface area contributed by atoms with E-state index in [0.717, 1.165) is 18.8 Å². The number of carbonyl (C=O) groups is 1. The zero-order valence-electron chi connectivity index (χ0n) is 14.4. The van der Waals surface area contributed by atoms with E-state index in [1.165, 1.54) is 17.9 Å². The molecule has 0 saturated carbocycles. The van der Waals surface area contributed by atoms with Gasteiger partial charge in [-0.25, -0.2) is 23.1 Å². The quantitative estimate of drug-likeness (QED) is 0.806. The van der Waals surface area contributed by atoms with E-state index in [-0.39, 0.29) is 11.5 Å². The molecule has 7 nitrogen and oxygen atoms in total. The highest BCUT2D eigenvalue weighted by molar-refractivity contribution is 5.95. The van der Waals surface area contributed by atoms with Crippen molar-refractivity contribution < 1.29 is 18.0 Å². The van der Waals surface area contributed by atoms with Crippen LogP contribution in [0.5, 0.6) is 0 Å². The van der Waals surface area contributed by atoms with Crippen molar-refractivity contribution in [1.82, 2.24) is 24.6 Å². The van der Waals surface area contributed by atoms with Crippen molar-refractivity contribution in [1.29, 1.82) is 0 Å². The third-order valence-electron chi connectivity index (χ3n) is 4.35. The zero-order valence-corrected chi connectivity index (χ0v) is 14.4. The van der Waals surface area contributed by atoms with Gasteiger partial charge in [0.05, 0.1) is 18.0 Å². The van der Waals surface area contributed by atoms with E-state index in [1.54, 1.807) is 16.8 Å². The van der Waals surface area contributed by atoms with Gasteiger partial charge in [0.1, 0.15) is 5.69 Å². The Kier molecular flexibility index (Phi) is 5.10. The van der Waals surface area contributed by atoms with E-state index in [4.69, 9.17) is 0 Å². The Hall–Kier alpha value is -2.65. The molecule has 2 aromatic heterocycles. The Morgan fingerprint density at radius 1 is 1.38 bits per heavy atom. The number of aryl methyl sites for hydroxylation is 1. The number of carbonyl (C=O) groups excluding carboxylic acids is 1. The van der Waals surface area contributed by atoms with Crippen LogP contribution in [0.1, 0.15) is 28.9 Å². The van der Waals surface area contributed by atoms with Gasteiger partial charge >= 0.3 is 0 Å². The first-order chi connectivity index (χ1) is 12.3. The fourth-order valence-corrected chi connectivity index (χ4v) is 3.14. The second-order valence-electron chi connectivity index (χ2n) is 6.39. The third kappa shape index (κ3) is 3.78. The Morgan fingerprint density at radius 3 is 2.73 bits per heavy atom. The predicted octanol–water partition coefficient (Wildman–Crippen LogP) is 1.89. The van der Waals surface area contributed by atoms with Gasteiger partial charge in [-0.2, -0.15) is 5.10 Å². The molecule has 26 heavy (non-hydrogen) atoms. The minimum absolute atomic E-state index is 0.0571. The number of likely N-dealkylation sites (tertiary alicyclic amines) is 1. The average molecular weight is 368 g/mol. The van der Waals surface area contributed by atoms with Gasteiger partial charge in [0.15, 0.2) is 5.82 Å². The van der Waals surface area contributed by atoms with E-state index in [1.807, 2.05) is 0 Å². The molecule has 1 aliphatic heterocycles. The second-order valence-corrected chi connectivity index (χ2v) is 6.39. The van der Waals surface area contributed by atoms with Crippen molar-refractivity contribution in [2.24, 2.45) is 13.0 Å². The van der Waals surface area contributed by atoms with E-state index >= 15 is 0 Å². The lowest BCUT2D eigenvalue weighted by molar-refractivity contribution is 0.0774. The van der Waals surface area contributed by atoms with Crippen molar-refractivity contribution >= 4 is 11.9 Å². The summed E-state index contributed by atoms with van der Waals surface area (Å²) in [4.78, 5) is 23.8. The molecule has 0 aliphatic carbocycles. The topological polar surface area (TPSA) is 67.2 Å². The molecule has 0 bridgehead atoms. The molecule has 1 aliphatic rings. The van der Waals surface area contributed by atoms with Gasteiger partial charge in [-0.05, 0) is 12.3 Å². The molecule has 1 atom stereocenters. The highest BCUT2D eigenvalue weighted by Gasteiger charge is 2.32. The van der Waals surface area contributed by atoms with Crippen LogP contribution in [-0.2, 0) is 7.05 Å². The summed E-state index contributed by atoms with van der Waals surface area (Å²) < 4.78 is 40.2. The number of halogens is 3. The van der Waals surface area contributed by atoms with Crippen molar-refractivity contribution in [3.63, 3.8) is 0 Å². The van der Waals surface area contributed by atoms with Crippen molar-refractivity contribution in [2.45, 2.75) is 12.8 Å². The van der Waals surface area contributed by atoms with Gasteiger partial charge in [0, 0.05) is 39.9 Å². The Morgan fingerprint density at radius 2 is 2.08 bits per heavy atom. The highest BCUT2D eigenvalue weighted by atomic mass is 19.3. The smallest absolute Gasteiger partial charge is 0.282 e. The van der Waals surface area contributed by atoms with Crippen LogP contribution in [0.4, 0.5) is 19.1 Å². The van der Waals surface area contributed by atoms with Gasteiger partial charge in [0.2, 0.25) is 5.95 Å². The molecule has 0 radical (unpaired) electrons. The summed E-state index contributed by atoms with van der Waals surface area (Å²) >= 11 is 0. The largest absolute Gasteiger partial charge is 0.344 e. The van der Waals surface area contributed by atoms with Crippen molar-refractivity contribution in [3.05, 3.63) is 35.7 Å². The zero-order chi connectivity index (χ0) is 18.8. The molecule has 140 valence electrons. The molecule has 1 fully saturated rings. The van der Waals surface area contributed by atoms with Crippen LogP contribution in [-0.4, -0.2) is 57.2 Å². The maximum Gasteiger partial charge on any atom is 0.282 e. The Bertz CT molecular complexity index is 779. The van der Waals surface area contributed by atoms with Crippen LogP contribution in [0, 0.1) is 11.7 Å². The minimum atomic E-state index is -2.80. The van der Waals surface area contributed by atoms with Crippen LogP contribution < -0.4 is 4.90 Å². The van der Waals surface area contributed by atoms with Crippen molar-refractivity contribution in [2.75, 3.05) is 31.6 Å². The maximum absolute atomic E-state index is 13.1. The number of rotatable bonds is 5. The maximum atomic E-state index is 13.1. The van der Waals surface area contributed by atoms with Crippen LogP contribution in [0.2, 0.25) is 0 Å². The van der Waals surface area contributed by atoms with E-state index in [0.29, 0.717) is 25.6 Å². The lowest BCUT2D eigenvalue weighted by Gasteiger charge is -2.21.